The molecule has 0 aliphatic carbocycles. The third-order valence-electron chi connectivity index (χ3n) is 6.29. The van der Waals surface area contributed by atoms with Gasteiger partial charge in [0.2, 0.25) is 11.8 Å². The number of carbonyl (C=O) groups is 2. The first-order valence-corrected chi connectivity index (χ1v) is 11.6. The number of morpholine rings is 1. The normalized spacial score (nSPS) is 21.7. The highest BCUT2D eigenvalue weighted by Crippen LogP contribution is 2.19. The maximum absolute atomic E-state index is 12.7. The third-order valence-corrected chi connectivity index (χ3v) is 6.29. The van der Waals surface area contributed by atoms with Crippen molar-refractivity contribution < 1.29 is 14.3 Å². The Kier molecular flexibility index (Phi) is 7.55. The quantitative estimate of drug-likeness (QED) is 0.693. The van der Waals surface area contributed by atoms with Gasteiger partial charge in [-0.15, -0.1) is 0 Å². The molecule has 32 heavy (non-hydrogen) atoms. The second-order valence-corrected chi connectivity index (χ2v) is 8.93. The molecule has 0 saturated carbocycles. The molecular formula is C26H33N3O3. The molecule has 2 fully saturated rings. The van der Waals surface area contributed by atoms with Crippen LogP contribution in [0.15, 0.2) is 54.6 Å². The smallest absolute Gasteiger partial charge is 0.225 e. The van der Waals surface area contributed by atoms with Crippen molar-refractivity contribution in [2.24, 2.45) is 5.92 Å². The molecule has 2 saturated heterocycles. The molecule has 0 bridgehead atoms. The molecule has 0 unspecified atom stereocenters. The minimum atomic E-state index is -0.267. The number of nitrogens with one attached hydrogen (secondary N) is 1. The van der Waals surface area contributed by atoms with E-state index in [9.17, 15) is 9.59 Å². The molecular weight excluding hydrogens is 402 g/mol. The highest BCUT2D eigenvalue weighted by Gasteiger charge is 2.33. The third kappa shape index (κ3) is 6.17. The van der Waals surface area contributed by atoms with Crippen LogP contribution >= 0.6 is 0 Å². The van der Waals surface area contributed by atoms with Gasteiger partial charge in [-0.3, -0.25) is 14.5 Å². The lowest BCUT2D eigenvalue weighted by Gasteiger charge is -2.31. The molecule has 170 valence electrons. The summed E-state index contributed by atoms with van der Waals surface area (Å²) < 4.78 is 5.62. The summed E-state index contributed by atoms with van der Waals surface area (Å²) in [6, 6.07) is 18.5. The summed E-state index contributed by atoms with van der Waals surface area (Å²) in [4.78, 5) is 29.3. The van der Waals surface area contributed by atoms with E-state index in [0.717, 1.165) is 38.2 Å². The van der Waals surface area contributed by atoms with E-state index in [-0.39, 0.29) is 23.8 Å². The molecule has 2 amide bonds. The van der Waals surface area contributed by atoms with Crippen LogP contribution in [0.5, 0.6) is 0 Å². The molecule has 2 atom stereocenters. The van der Waals surface area contributed by atoms with E-state index in [1.807, 2.05) is 35.2 Å². The zero-order chi connectivity index (χ0) is 22.3. The Labute approximate surface area is 190 Å². The predicted molar refractivity (Wildman–Crippen MR) is 124 cm³/mol. The van der Waals surface area contributed by atoms with Crippen molar-refractivity contribution in [3.63, 3.8) is 0 Å². The number of likely N-dealkylation sites (tertiary alicyclic amines) is 1. The first kappa shape index (κ1) is 22.5. The van der Waals surface area contributed by atoms with Crippen LogP contribution in [0.4, 0.5) is 0 Å². The zero-order valence-electron chi connectivity index (χ0n) is 18.8. The standard InChI is InChI=1S/C26H33N3O3/c1-20-17-28(12-13-32-20)18-23-9-5-8-22(14-23)16-27-26(31)24-15-25(30)29(19-24)11-10-21-6-3-2-4-7-21/h2-9,14,20,24H,10-13,15-19H2,1H3,(H,27,31)/t20-,24-/m0/s1. The molecule has 2 aliphatic rings. The van der Waals surface area contributed by atoms with Crippen LogP contribution in [-0.2, 0) is 33.8 Å². The molecule has 2 aromatic carbocycles. The number of nitrogens with zero attached hydrogens (tertiary/aromatic N) is 2. The van der Waals surface area contributed by atoms with Crippen LogP contribution in [0, 0.1) is 5.92 Å². The largest absolute Gasteiger partial charge is 0.376 e. The monoisotopic (exact) mass is 435 g/mol. The van der Waals surface area contributed by atoms with Gasteiger partial charge in [0, 0.05) is 45.7 Å². The number of amides is 2. The SMILES string of the molecule is C[C@H]1CN(Cc2cccc(CNC(=O)[C@H]3CC(=O)N(CCc4ccccc4)C3)c2)CCO1. The molecule has 0 radical (unpaired) electrons. The second-order valence-electron chi connectivity index (χ2n) is 8.93. The average Bonchev–Trinajstić information content (AvgIpc) is 3.18. The fourth-order valence-corrected chi connectivity index (χ4v) is 4.54. The molecule has 0 spiro atoms. The Morgan fingerprint density at radius 2 is 1.84 bits per heavy atom. The Bertz CT molecular complexity index is 918. The molecule has 6 nitrogen and oxygen atoms in total. The molecule has 2 aliphatic heterocycles. The Balaban J connectivity index is 1.24. The van der Waals surface area contributed by atoms with Crippen molar-refractivity contribution in [3.05, 3.63) is 71.3 Å². The maximum Gasteiger partial charge on any atom is 0.225 e. The van der Waals surface area contributed by atoms with E-state index in [1.165, 1.54) is 11.1 Å². The van der Waals surface area contributed by atoms with Crippen molar-refractivity contribution in [1.82, 2.24) is 15.1 Å². The van der Waals surface area contributed by atoms with Gasteiger partial charge in [-0.1, -0.05) is 54.6 Å². The summed E-state index contributed by atoms with van der Waals surface area (Å²) in [6.45, 7) is 7.32. The minimum Gasteiger partial charge on any atom is -0.376 e. The van der Waals surface area contributed by atoms with Crippen molar-refractivity contribution in [1.29, 1.82) is 0 Å². The first-order valence-electron chi connectivity index (χ1n) is 11.6. The van der Waals surface area contributed by atoms with Gasteiger partial charge < -0.3 is 15.0 Å². The van der Waals surface area contributed by atoms with Crippen molar-refractivity contribution in [2.75, 3.05) is 32.8 Å². The van der Waals surface area contributed by atoms with Crippen LogP contribution < -0.4 is 5.32 Å². The summed E-state index contributed by atoms with van der Waals surface area (Å²) in [5, 5.41) is 3.04. The van der Waals surface area contributed by atoms with Gasteiger partial charge in [0.25, 0.3) is 0 Å². The van der Waals surface area contributed by atoms with Crippen LogP contribution in [-0.4, -0.2) is 60.5 Å². The molecule has 0 aromatic heterocycles. The van der Waals surface area contributed by atoms with Gasteiger partial charge in [-0.25, -0.2) is 0 Å². The van der Waals surface area contributed by atoms with E-state index in [1.54, 1.807) is 0 Å². The molecule has 2 heterocycles. The fraction of sp³-hybridized carbons (Fsp3) is 0.462. The Morgan fingerprint density at radius 1 is 1.06 bits per heavy atom. The van der Waals surface area contributed by atoms with Gasteiger partial charge in [-0.2, -0.15) is 0 Å². The van der Waals surface area contributed by atoms with Crippen LogP contribution in [0.2, 0.25) is 0 Å². The molecule has 6 heteroatoms. The van der Waals surface area contributed by atoms with Crippen molar-refractivity contribution in [3.8, 4) is 0 Å². The lowest BCUT2D eigenvalue weighted by atomic mass is 10.1. The minimum absolute atomic E-state index is 0.0343. The maximum atomic E-state index is 12.7. The average molecular weight is 436 g/mol. The summed E-state index contributed by atoms with van der Waals surface area (Å²) in [5.74, 6) is -0.230. The lowest BCUT2D eigenvalue weighted by Crippen LogP contribution is -2.40. The van der Waals surface area contributed by atoms with Gasteiger partial charge in [0.05, 0.1) is 18.6 Å². The number of hydrogen-bond acceptors (Lipinski definition) is 4. The van der Waals surface area contributed by atoms with Gasteiger partial charge in [-0.05, 0) is 30.0 Å². The number of rotatable bonds is 8. The van der Waals surface area contributed by atoms with E-state index in [2.05, 4.69) is 41.4 Å². The fourth-order valence-electron chi connectivity index (χ4n) is 4.54. The lowest BCUT2D eigenvalue weighted by molar-refractivity contribution is -0.129. The highest BCUT2D eigenvalue weighted by molar-refractivity contribution is 5.89. The van der Waals surface area contributed by atoms with Crippen molar-refractivity contribution in [2.45, 2.75) is 39.0 Å². The van der Waals surface area contributed by atoms with Gasteiger partial charge in [0.15, 0.2) is 0 Å². The molecule has 4 rings (SSSR count). The van der Waals surface area contributed by atoms with E-state index >= 15 is 0 Å². The summed E-state index contributed by atoms with van der Waals surface area (Å²) >= 11 is 0. The van der Waals surface area contributed by atoms with Crippen molar-refractivity contribution >= 4 is 11.8 Å². The number of benzene rings is 2. The first-order chi connectivity index (χ1) is 15.6. The van der Waals surface area contributed by atoms with Crippen LogP contribution in [0.3, 0.4) is 0 Å². The van der Waals surface area contributed by atoms with E-state index in [4.69, 9.17) is 4.74 Å². The predicted octanol–water partition coefficient (Wildman–Crippen LogP) is 2.61. The van der Waals surface area contributed by atoms with Gasteiger partial charge in [0.1, 0.15) is 0 Å². The summed E-state index contributed by atoms with van der Waals surface area (Å²) in [7, 11) is 0. The molecule has 1 N–H and O–H groups in total. The second kappa shape index (κ2) is 10.7. The number of hydrogen-bond donors (Lipinski definition) is 1. The Hall–Kier alpha value is -2.70. The molecule has 2 aromatic rings. The van der Waals surface area contributed by atoms with Crippen LogP contribution in [0.25, 0.3) is 0 Å². The summed E-state index contributed by atoms with van der Waals surface area (Å²) in [5.41, 5.74) is 3.54. The zero-order valence-corrected chi connectivity index (χ0v) is 18.8. The number of carbonyl (C=O) groups excluding carboxylic acids is 2. The van der Waals surface area contributed by atoms with Crippen LogP contribution in [0.1, 0.15) is 30.0 Å². The Morgan fingerprint density at radius 3 is 2.66 bits per heavy atom. The number of ether oxygens (including phenoxy) is 1. The topological polar surface area (TPSA) is 61.9 Å². The van der Waals surface area contributed by atoms with Gasteiger partial charge >= 0.3 is 0 Å². The highest BCUT2D eigenvalue weighted by atomic mass is 16.5. The summed E-state index contributed by atoms with van der Waals surface area (Å²) in [6.07, 6.45) is 1.39. The van der Waals surface area contributed by atoms with E-state index in [0.29, 0.717) is 26.1 Å². The van der Waals surface area contributed by atoms with E-state index < -0.39 is 0 Å².